The summed E-state index contributed by atoms with van der Waals surface area (Å²) in [5, 5.41) is 3.08. The van der Waals surface area contributed by atoms with Crippen LogP contribution in [0.25, 0.3) is 0 Å². The summed E-state index contributed by atoms with van der Waals surface area (Å²) in [5.74, 6) is 0.706. The number of nitrogens with one attached hydrogen (secondary N) is 1. The van der Waals surface area contributed by atoms with Crippen molar-refractivity contribution in [2.24, 2.45) is 0 Å². The molecule has 1 amide bonds. The minimum atomic E-state index is -0.0412. The van der Waals surface area contributed by atoms with Crippen molar-refractivity contribution < 1.29 is 9.53 Å². The first-order chi connectivity index (χ1) is 10.6. The summed E-state index contributed by atoms with van der Waals surface area (Å²) in [5.41, 5.74) is 3.12. The van der Waals surface area contributed by atoms with E-state index in [2.05, 4.69) is 29.6 Å². The molecule has 3 rings (SSSR count). The summed E-state index contributed by atoms with van der Waals surface area (Å²) in [4.78, 5) is 12.4. The first kappa shape index (κ1) is 14.6. The van der Waals surface area contributed by atoms with Crippen LogP contribution in [0.1, 0.15) is 34.3 Å². The molecule has 2 aromatic rings. The summed E-state index contributed by atoms with van der Waals surface area (Å²) >= 11 is 0. The van der Waals surface area contributed by atoms with Crippen LogP contribution < -0.4 is 10.1 Å². The highest BCUT2D eigenvalue weighted by molar-refractivity contribution is 5.94. The van der Waals surface area contributed by atoms with Crippen molar-refractivity contribution in [2.45, 2.75) is 25.2 Å². The molecule has 1 N–H and O–H groups in total. The molecular weight excluding hydrogens is 274 g/mol. The van der Waals surface area contributed by atoms with Crippen molar-refractivity contribution in [3.05, 3.63) is 65.2 Å². The maximum atomic E-state index is 12.4. The molecule has 1 aliphatic carbocycles. The molecule has 0 radical (unpaired) electrons. The average molecular weight is 295 g/mol. The fourth-order valence-corrected chi connectivity index (χ4v) is 2.82. The normalized spacial score (nSPS) is 15.2. The number of carbonyl (C=O) groups excluding carboxylic acids is 1. The van der Waals surface area contributed by atoms with E-state index in [1.54, 1.807) is 13.2 Å². The van der Waals surface area contributed by atoms with Crippen LogP contribution in [0, 0.1) is 6.92 Å². The van der Waals surface area contributed by atoms with Gasteiger partial charge in [-0.05, 0) is 43.0 Å². The smallest absolute Gasteiger partial charge is 0.251 e. The predicted molar refractivity (Wildman–Crippen MR) is 87.4 cm³/mol. The van der Waals surface area contributed by atoms with E-state index in [4.69, 9.17) is 4.74 Å². The molecule has 0 bridgehead atoms. The van der Waals surface area contributed by atoms with Gasteiger partial charge in [0.15, 0.2) is 0 Å². The lowest BCUT2D eigenvalue weighted by Crippen LogP contribution is -2.32. The summed E-state index contributed by atoms with van der Waals surface area (Å²) in [7, 11) is 1.62. The molecule has 1 saturated carbocycles. The highest BCUT2D eigenvalue weighted by Gasteiger charge is 2.44. The third-order valence-corrected chi connectivity index (χ3v) is 4.50. The molecule has 0 saturated heterocycles. The minimum Gasteiger partial charge on any atom is -0.496 e. The Morgan fingerprint density at radius 3 is 2.55 bits per heavy atom. The van der Waals surface area contributed by atoms with Gasteiger partial charge in [0, 0.05) is 17.5 Å². The second-order valence-electron chi connectivity index (χ2n) is 6.01. The Morgan fingerprint density at radius 1 is 1.18 bits per heavy atom. The lowest BCUT2D eigenvalue weighted by molar-refractivity contribution is 0.0949. The number of hydrogen-bond acceptors (Lipinski definition) is 2. The quantitative estimate of drug-likeness (QED) is 0.917. The van der Waals surface area contributed by atoms with Crippen LogP contribution in [0.15, 0.2) is 48.5 Å². The molecule has 0 atom stereocenters. The Hall–Kier alpha value is -2.29. The number of methoxy groups -OCH3 is 1. The van der Waals surface area contributed by atoms with Gasteiger partial charge in [-0.2, -0.15) is 0 Å². The van der Waals surface area contributed by atoms with E-state index in [9.17, 15) is 4.79 Å². The van der Waals surface area contributed by atoms with Gasteiger partial charge in [-0.3, -0.25) is 4.79 Å². The third kappa shape index (κ3) is 2.84. The summed E-state index contributed by atoms with van der Waals surface area (Å²) in [6, 6.07) is 16.0. The molecule has 1 aliphatic rings. The SMILES string of the molecule is COc1cc(C(=O)NCC2(c3ccccc3)CC2)ccc1C. The monoisotopic (exact) mass is 295 g/mol. The van der Waals surface area contributed by atoms with Crippen LogP contribution in [-0.2, 0) is 5.41 Å². The average Bonchev–Trinajstić information content (AvgIpc) is 3.35. The van der Waals surface area contributed by atoms with Crippen LogP contribution in [0.3, 0.4) is 0 Å². The summed E-state index contributed by atoms with van der Waals surface area (Å²) in [6.07, 6.45) is 2.27. The summed E-state index contributed by atoms with van der Waals surface area (Å²) < 4.78 is 5.28. The van der Waals surface area contributed by atoms with Crippen LogP contribution in [0.2, 0.25) is 0 Å². The van der Waals surface area contributed by atoms with Gasteiger partial charge in [0.05, 0.1) is 7.11 Å². The predicted octanol–water partition coefficient (Wildman–Crippen LogP) is 3.47. The van der Waals surface area contributed by atoms with E-state index in [0.29, 0.717) is 12.1 Å². The second kappa shape index (κ2) is 5.84. The molecule has 0 unspecified atom stereocenters. The van der Waals surface area contributed by atoms with E-state index in [0.717, 1.165) is 24.2 Å². The highest BCUT2D eigenvalue weighted by atomic mass is 16.5. The summed E-state index contributed by atoms with van der Waals surface area (Å²) in [6.45, 7) is 2.65. The van der Waals surface area contributed by atoms with Crippen molar-refractivity contribution in [3.63, 3.8) is 0 Å². The Balaban J connectivity index is 1.68. The first-order valence-corrected chi connectivity index (χ1v) is 7.63. The number of carbonyl (C=O) groups is 1. The van der Waals surface area contributed by atoms with E-state index < -0.39 is 0 Å². The maximum Gasteiger partial charge on any atom is 0.251 e. The van der Waals surface area contributed by atoms with Crippen molar-refractivity contribution in [1.29, 1.82) is 0 Å². The molecule has 0 spiro atoms. The van der Waals surface area contributed by atoms with Gasteiger partial charge in [0.25, 0.3) is 5.91 Å². The van der Waals surface area contributed by atoms with Gasteiger partial charge in [-0.1, -0.05) is 36.4 Å². The molecule has 3 heteroatoms. The number of aryl methyl sites for hydroxylation is 1. The van der Waals surface area contributed by atoms with E-state index >= 15 is 0 Å². The molecule has 114 valence electrons. The van der Waals surface area contributed by atoms with Crippen LogP contribution in [0.4, 0.5) is 0 Å². The molecule has 22 heavy (non-hydrogen) atoms. The van der Waals surface area contributed by atoms with Crippen LogP contribution in [0.5, 0.6) is 5.75 Å². The molecular formula is C19H21NO2. The zero-order chi connectivity index (χ0) is 15.6. The van der Waals surface area contributed by atoms with Gasteiger partial charge < -0.3 is 10.1 Å². The van der Waals surface area contributed by atoms with E-state index in [1.165, 1.54) is 5.56 Å². The molecule has 3 nitrogen and oxygen atoms in total. The van der Waals surface area contributed by atoms with Gasteiger partial charge >= 0.3 is 0 Å². The standard InChI is InChI=1S/C19H21NO2/c1-14-8-9-15(12-17(14)22-2)18(21)20-13-19(10-11-19)16-6-4-3-5-7-16/h3-9,12H,10-11,13H2,1-2H3,(H,20,21). The second-order valence-corrected chi connectivity index (χ2v) is 6.01. The fourth-order valence-electron chi connectivity index (χ4n) is 2.82. The van der Waals surface area contributed by atoms with Crippen LogP contribution >= 0.6 is 0 Å². The number of hydrogen-bond donors (Lipinski definition) is 1. The molecule has 0 aromatic heterocycles. The zero-order valence-electron chi connectivity index (χ0n) is 13.1. The number of benzene rings is 2. The van der Waals surface area contributed by atoms with Crippen LogP contribution in [-0.4, -0.2) is 19.6 Å². The van der Waals surface area contributed by atoms with Gasteiger partial charge in [0.2, 0.25) is 0 Å². The lowest BCUT2D eigenvalue weighted by Gasteiger charge is -2.17. The Morgan fingerprint density at radius 2 is 1.91 bits per heavy atom. The van der Waals surface area contributed by atoms with Crippen molar-refractivity contribution >= 4 is 5.91 Å². The van der Waals surface area contributed by atoms with Crippen molar-refractivity contribution in [1.82, 2.24) is 5.32 Å². The van der Waals surface area contributed by atoms with Crippen molar-refractivity contribution in [2.75, 3.05) is 13.7 Å². The minimum absolute atomic E-state index is 0.0412. The third-order valence-electron chi connectivity index (χ3n) is 4.50. The Bertz CT molecular complexity index is 675. The topological polar surface area (TPSA) is 38.3 Å². The molecule has 1 fully saturated rings. The van der Waals surface area contributed by atoms with Gasteiger partial charge in [0.1, 0.15) is 5.75 Å². The zero-order valence-corrected chi connectivity index (χ0v) is 13.1. The number of amides is 1. The largest absolute Gasteiger partial charge is 0.496 e. The van der Waals surface area contributed by atoms with Gasteiger partial charge in [-0.15, -0.1) is 0 Å². The molecule has 0 heterocycles. The molecule has 2 aromatic carbocycles. The first-order valence-electron chi connectivity index (χ1n) is 7.63. The number of ether oxygens (including phenoxy) is 1. The van der Waals surface area contributed by atoms with E-state index in [1.807, 2.05) is 25.1 Å². The van der Waals surface area contributed by atoms with Gasteiger partial charge in [-0.25, -0.2) is 0 Å². The number of rotatable bonds is 5. The Labute approximate surface area is 131 Å². The molecule has 0 aliphatic heterocycles. The lowest BCUT2D eigenvalue weighted by atomic mass is 9.96. The van der Waals surface area contributed by atoms with Crippen molar-refractivity contribution in [3.8, 4) is 5.75 Å². The maximum absolute atomic E-state index is 12.4. The fraction of sp³-hybridized carbons (Fsp3) is 0.316. The Kier molecular flexibility index (Phi) is 3.88. The van der Waals surface area contributed by atoms with E-state index in [-0.39, 0.29) is 11.3 Å². The highest BCUT2D eigenvalue weighted by Crippen LogP contribution is 2.47.